The zero-order valence-corrected chi connectivity index (χ0v) is 18.6. The summed E-state index contributed by atoms with van der Waals surface area (Å²) in [5.41, 5.74) is 2.74. The van der Waals surface area contributed by atoms with E-state index in [1.165, 1.54) is 19.3 Å². The van der Waals surface area contributed by atoms with Crippen molar-refractivity contribution in [3.05, 3.63) is 40.9 Å². The zero-order chi connectivity index (χ0) is 20.9. The molecule has 6 nitrogen and oxygen atoms in total. The van der Waals surface area contributed by atoms with Gasteiger partial charge in [0.1, 0.15) is 5.82 Å². The first-order valence-electron chi connectivity index (χ1n) is 10.5. The Morgan fingerprint density at radius 1 is 1.17 bits per heavy atom. The molecule has 1 amide bonds. The maximum Gasteiger partial charge on any atom is 0.258 e. The van der Waals surface area contributed by atoms with Crippen LogP contribution in [0.5, 0.6) is 11.5 Å². The molecule has 0 spiro atoms. The van der Waals surface area contributed by atoms with Gasteiger partial charge in [0, 0.05) is 16.1 Å². The molecule has 1 aliphatic rings. The highest BCUT2D eigenvalue weighted by molar-refractivity contribution is 9.10. The maximum absolute atomic E-state index is 12.3. The first kappa shape index (κ1) is 20.7. The number of nitrogens with one attached hydrogen (secondary N) is 2. The van der Waals surface area contributed by atoms with Crippen LogP contribution in [0.25, 0.3) is 22.4 Å². The monoisotopic (exact) mass is 471 g/mol. The van der Waals surface area contributed by atoms with Crippen molar-refractivity contribution in [3.8, 4) is 22.9 Å². The van der Waals surface area contributed by atoms with Crippen LogP contribution in [0.2, 0.25) is 0 Å². The molecule has 1 aliphatic carbocycles. The van der Waals surface area contributed by atoms with Crippen molar-refractivity contribution in [1.82, 2.24) is 15.3 Å². The third-order valence-corrected chi connectivity index (χ3v) is 5.96. The molecule has 2 aromatic carbocycles. The summed E-state index contributed by atoms with van der Waals surface area (Å²) in [6.45, 7) is 2.38. The number of benzene rings is 2. The molecule has 3 aromatic rings. The number of aromatic amines is 1. The minimum Gasteiger partial charge on any atom is -0.490 e. The molecule has 1 saturated carbocycles. The molecule has 1 heterocycles. The summed E-state index contributed by atoms with van der Waals surface area (Å²) in [4.78, 5) is 20.3. The average Bonchev–Trinajstić information content (AvgIpc) is 3.18. The summed E-state index contributed by atoms with van der Waals surface area (Å²) in [5.74, 6) is 1.76. The molecule has 4 rings (SSSR count). The van der Waals surface area contributed by atoms with E-state index in [1.807, 2.05) is 43.3 Å². The molecule has 0 saturated heterocycles. The Labute approximate surface area is 184 Å². The summed E-state index contributed by atoms with van der Waals surface area (Å²) < 4.78 is 12.4. The van der Waals surface area contributed by atoms with Crippen LogP contribution in [0.3, 0.4) is 0 Å². The molecule has 2 N–H and O–H groups in total. The van der Waals surface area contributed by atoms with Gasteiger partial charge in [-0.1, -0.05) is 31.4 Å². The molecule has 1 aromatic heterocycles. The largest absolute Gasteiger partial charge is 0.490 e. The molecular weight excluding hydrogens is 446 g/mol. The number of hydrogen-bond acceptors (Lipinski definition) is 4. The van der Waals surface area contributed by atoms with Gasteiger partial charge in [0.25, 0.3) is 5.91 Å². The third kappa shape index (κ3) is 4.78. The number of rotatable bonds is 7. The number of para-hydroxylation sites is 2. The van der Waals surface area contributed by atoms with Crippen LogP contribution in [-0.2, 0) is 4.79 Å². The first-order valence-corrected chi connectivity index (χ1v) is 11.3. The number of ether oxygens (including phenoxy) is 2. The summed E-state index contributed by atoms with van der Waals surface area (Å²) in [6.07, 6.45) is 5.71. The molecule has 30 heavy (non-hydrogen) atoms. The van der Waals surface area contributed by atoms with Crippen molar-refractivity contribution < 1.29 is 14.3 Å². The lowest BCUT2D eigenvalue weighted by Crippen LogP contribution is -2.39. The maximum atomic E-state index is 12.3. The number of imidazole rings is 1. The van der Waals surface area contributed by atoms with E-state index in [0.29, 0.717) is 18.1 Å². The van der Waals surface area contributed by atoms with E-state index in [0.717, 1.165) is 39.7 Å². The molecule has 158 valence electrons. The summed E-state index contributed by atoms with van der Waals surface area (Å²) >= 11 is 3.62. The molecule has 0 bridgehead atoms. The normalized spacial score (nSPS) is 14.6. The van der Waals surface area contributed by atoms with Crippen LogP contribution >= 0.6 is 15.9 Å². The fraction of sp³-hybridized carbons (Fsp3) is 0.391. The van der Waals surface area contributed by atoms with E-state index >= 15 is 0 Å². The van der Waals surface area contributed by atoms with Crippen LogP contribution in [0.1, 0.15) is 39.0 Å². The number of halogens is 1. The average molecular weight is 472 g/mol. The molecule has 1 fully saturated rings. The van der Waals surface area contributed by atoms with Crippen molar-refractivity contribution in [2.75, 3.05) is 13.2 Å². The number of carbonyl (C=O) groups is 1. The fourth-order valence-corrected chi connectivity index (χ4v) is 4.35. The Morgan fingerprint density at radius 3 is 2.70 bits per heavy atom. The van der Waals surface area contributed by atoms with Gasteiger partial charge >= 0.3 is 0 Å². The Kier molecular flexibility index (Phi) is 6.57. The summed E-state index contributed by atoms with van der Waals surface area (Å²) in [6, 6.07) is 11.9. The highest BCUT2D eigenvalue weighted by Gasteiger charge is 2.18. The second-order valence-electron chi connectivity index (χ2n) is 7.51. The van der Waals surface area contributed by atoms with Gasteiger partial charge in [-0.3, -0.25) is 4.79 Å². The lowest BCUT2D eigenvalue weighted by Gasteiger charge is -2.23. The number of hydrogen-bond donors (Lipinski definition) is 2. The minimum atomic E-state index is -0.0955. The van der Waals surface area contributed by atoms with Crippen molar-refractivity contribution in [2.45, 2.75) is 45.1 Å². The van der Waals surface area contributed by atoms with Crippen molar-refractivity contribution >= 4 is 32.9 Å². The number of carbonyl (C=O) groups excluding carboxylic acids is 1. The van der Waals surface area contributed by atoms with Crippen molar-refractivity contribution in [3.63, 3.8) is 0 Å². The molecule has 0 unspecified atom stereocenters. The standard InChI is InChI=1S/C23H26BrN3O3/c1-2-29-20-12-16(23-26-18-10-6-7-11-19(18)27-23)17(24)13-21(20)30-14-22(28)25-15-8-4-3-5-9-15/h6-7,10-13,15H,2-5,8-9,14H2,1H3,(H,25,28)(H,26,27). The Morgan fingerprint density at radius 2 is 1.93 bits per heavy atom. The van der Waals surface area contributed by atoms with Crippen LogP contribution < -0.4 is 14.8 Å². The van der Waals surface area contributed by atoms with E-state index in [9.17, 15) is 4.79 Å². The number of H-pyrrole nitrogens is 1. The molecule has 0 aliphatic heterocycles. The molecular formula is C23H26BrN3O3. The van der Waals surface area contributed by atoms with E-state index in [4.69, 9.17) is 9.47 Å². The van der Waals surface area contributed by atoms with E-state index in [-0.39, 0.29) is 18.6 Å². The number of amides is 1. The Hall–Kier alpha value is -2.54. The molecule has 7 heteroatoms. The van der Waals surface area contributed by atoms with Crippen LogP contribution in [0, 0.1) is 0 Å². The van der Waals surface area contributed by atoms with Crippen LogP contribution in [0.4, 0.5) is 0 Å². The van der Waals surface area contributed by atoms with Gasteiger partial charge in [-0.25, -0.2) is 4.98 Å². The third-order valence-electron chi connectivity index (χ3n) is 5.31. The summed E-state index contributed by atoms with van der Waals surface area (Å²) in [7, 11) is 0. The number of nitrogens with zero attached hydrogens (tertiary/aromatic N) is 1. The number of fused-ring (bicyclic) bond motifs is 1. The second kappa shape index (κ2) is 9.51. The predicted molar refractivity (Wildman–Crippen MR) is 121 cm³/mol. The Balaban J connectivity index is 1.51. The van der Waals surface area contributed by atoms with Gasteiger partial charge < -0.3 is 19.8 Å². The summed E-state index contributed by atoms with van der Waals surface area (Å²) in [5, 5.41) is 3.08. The van der Waals surface area contributed by atoms with Gasteiger partial charge in [0.05, 0.1) is 17.6 Å². The van der Waals surface area contributed by atoms with Gasteiger partial charge in [0.2, 0.25) is 0 Å². The Bertz CT molecular complexity index is 995. The minimum absolute atomic E-state index is 0.0347. The fourth-order valence-electron chi connectivity index (χ4n) is 3.84. The van der Waals surface area contributed by atoms with Gasteiger partial charge in [0.15, 0.2) is 18.1 Å². The van der Waals surface area contributed by atoms with Gasteiger partial charge in [-0.2, -0.15) is 0 Å². The van der Waals surface area contributed by atoms with Gasteiger partial charge in [-0.05, 0) is 60.0 Å². The molecule has 0 atom stereocenters. The lowest BCUT2D eigenvalue weighted by atomic mass is 9.95. The van der Waals surface area contributed by atoms with Gasteiger partial charge in [-0.15, -0.1) is 0 Å². The van der Waals surface area contributed by atoms with Crippen molar-refractivity contribution in [1.29, 1.82) is 0 Å². The zero-order valence-electron chi connectivity index (χ0n) is 17.0. The SMILES string of the molecule is CCOc1cc(-c2nc3ccccc3[nH]2)c(Br)cc1OCC(=O)NC1CCCCC1. The topological polar surface area (TPSA) is 76.2 Å². The van der Waals surface area contributed by atoms with Crippen LogP contribution in [-0.4, -0.2) is 35.1 Å². The predicted octanol–water partition coefficient (Wildman–Crippen LogP) is 5.22. The van der Waals surface area contributed by atoms with E-state index in [1.54, 1.807) is 0 Å². The van der Waals surface area contributed by atoms with E-state index in [2.05, 4.69) is 31.2 Å². The molecule has 0 radical (unpaired) electrons. The smallest absolute Gasteiger partial charge is 0.258 e. The highest BCUT2D eigenvalue weighted by Crippen LogP contribution is 2.38. The highest BCUT2D eigenvalue weighted by atomic mass is 79.9. The number of aromatic nitrogens is 2. The lowest BCUT2D eigenvalue weighted by molar-refractivity contribution is -0.124. The van der Waals surface area contributed by atoms with E-state index < -0.39 is 0 Å². The van der Waals surface area contributed by atoms with Crippen molar-refractivity contribution in [2.24, 2.45) is 0 Å². The van der Waals surface area contributed by atoms with Crippen LogP contribution in [0.15, 0.2) is 40.9 Å². The quantitative estimate of drug-likeness (QED) is 0.495. The second-order valence-corrected chi connectivity index (χ2v) is 8.36. The first-order chi connectivity index (χ1) is 14.6.